The standard InChI is InChI=1S/C20H24N4O/c1-5-6-15-17-16(12-7-9-13(10-8-12)20(2,3)4)14(11-21)18(22)25-19(17)24-23-15/h7-10,16H,5-6,22H2,1-4H3,(H,23,24)/t16-/m0/s1. The number of nitrogens with two attached hydrogens (primary N) is 1. The summed E-state index contributed by atoms with van der Waals surface area (Å²) in [4.78, 5) is 0. The Morgan fingerprint density at radius 3 is 2.52 bits per heavy atom. The number of aromatic amines is 1. The highest BCUT2D eigenvalue weighted by Crippen LogP contribution is 2.43. The molecule has 1 aliphatic rings. The number of aryl methyl sites for hydroxylation is 1. The lowest BCUT2D eigenvalue weighted by Crippen LogP contribution is -2.21. The van der Waals surface area contributed by atoms with Crippen molar-refractivity contribution in [1.29, 1.82) is 5.26 Å². The number of nitrogens with zero attached hydrogens (tertiary/aromatic N) is 2. The van der Waals surface area contributed by atoms with E-state index in [1.54, 1.807) is 0 Å². The first-order valence-corrected chi connectivity index (χ1v) is 8.62. The van der Waals surface area contributed by atoms with Crippen molar-refractivity contribution in [2.24, 2.45) is 5.73 Å². The van der Waals surface area contributed by atoms with Gasteiger partial charge in [0.2, 0.25) is 11.8 Å². The number of aromatic nitrogens is 2. The first-order valence-electron chi connectivity index (χ1n) is 8.62. The first-order chi connectivity index (χ1) is 11.9. The van der Waals surface area contributed by atoms with Crippen molar-refractivity contribution in [3.8, 4) is 11.9 Å². The van der Waals surface area contributed by atoms with Gasteiger partial charge in [0.25, 0.3) is 0 Å². The highest BCUT2D eigenvalue weighted by atomic mass is 16.5. The molecule has 5 nitrogen and oxygen atoms in total. The third-order valence-electron chi connectivity index (χ3n) is 4.63. The molecule has 1 aromatic heterocycles. The van der Waals surface area contributed by atoms with Crippen molar-refractivity contribution >= 4 is 0 Å². The van der Waals surface area contributed by atoms with E-state index in [1.807, 2.05) is 0 Å². The molecule has 1 aliphatic heterocycles. The third-order valence-corrected chi connectivity index (χ3v) is 4.63. The Balaban J connectivity index is 2.13. The van der Waals surface area contributed by atoms with Gasteiger partial charge in [-0.05, 0) is 23.0 Å². The van der Waals surface area contributed by atoms with Crippen LogP contribution in [0.1, 0.15) is 62.4 Å². The number of allylic oxidation sites excluding steroid dienone is 1. The summed E-state index contributed by atoms with van der Waals surface area (Å²) in [6.45, 7) is 8.66. The minimum Gasteiger partial charge on any atom is -0.420 e. The number of ether oxygens (including phenoxy) is 1. The van der Waals surface area contributed by atoms with Crippen molar-refractivity contribution < 1.29 is 4.74 Å². The van der Waals surface area contributed by atoms with Gasteiger partial charge < -0.3 is 10.5 Å². The normalized spacial score (nSPS) is 17.0. The molecule has 0 spiro atoms. The van der Waals surface area contributed by atoms with E-state index >= 15 is 0 Å². The summed E-state index contributed by atoms with van der Waals surface area (Å²) in [7, 11) is 0. The number of hydrogen-bond donors (Lipinski definition) is 2. The van der Waals surface area contributed by atoms with E-state index < -0.39 is 0 Å². The van der Waals surface area contributed by atoms with Gasteiger partial charge >= 0.3 is 0 Å². The highest BCUT2D eigenvalue weighted by Gasteiger charge is 2.35. The van der Waals surface area contributed by atoms with E-state index in [0.717, 1.165) is 29.7 Å². The van der Waals surface area contributed by atoms with Gasteiger partial charge in [0.05, 0.1) is 5.92 Å². The van der Waals surface area contributed by atoms with Crippen LogP contribution in [0.3, 0.4) is 0 Å². The molecule has 0 amide bonds. The summed E-state index contributed by atoms with van der Waals surface area (Å²) < 4.78 is 5.58. The number of nitriles is 1. The van der Waals surface area contributed by atoms with Crippen LogP contribution in [-0.4, -0.2) is 10.2 Å². The molecule has 0 aliphatic carbocycles. The molecule has 5 heteroatoms. The quantitative estimate of drug-likeness (QED) is 0.890. The SMILES string of the molecule is CCCc1[nH]nc2c1[C@@H](c1ccc(C(C)(C)C)cc1)C(C#N)=C(N)O2. The summed E-state index contributed by atoms with van der Waals surface area (Å²) in [5, 5.41) is 17.0. The predicted molar refractivity (Wildman–Crippen MR) is 97.0 cm³/mol. The Kier molecular flexibility index (Phi) is 4.30. The lowest BCUT2D eigenvalue weighted by molar-refractivity contribution is 0.378. The number of fused-ring (bicyclic) bond motifs is 1. The summed E-state index contributed by atoms with van der Waals surface area (Å²) in [6, 6.07) is 10.6. The smallest absolute Gasteiger partial charge is 0.244 e. The number of hydrogen-bond acceptors (Lipinski definition) is 4. The molecule has 25 heavy (non-hydrogen) atoms. The summed E-state index contributed by atoms with van der Waals surface area (Å²) in [6.07, 6.45) is 1.83. The van der Waals surface area contributed by atoms with E-state index in [2.05, 4.69) is 68.2 Å². The van der Waals surface area contributed by atoms with Crippen molar-refractivity contribution in [2.75, 3.05) is 0 Å². The lowest BCUT2D eigenvalue weighted by atomic mass is 9.81. The van der Waals surface area contributed by atoms with Gasteiger partial charge in [0.1, 0.15) is 11.6 Å². The summed E-state index contributed by atoms with van der Waals surface area (Å²) in [5.41, 5.74) is 10.7. The molecule has 0 saturated heterocycles. The Morgan fingerprint density at radius 2 is 1.96 bits per heavy atom. The summed E-state index contributed by atoms with van der Waals surface area (Å²) >= 11 is 0. The number of nitrogens with one attached hydrogen (secondary N) is 1. The Hall–Kier alpha value is -2.74. The van der Waals surface area contributed by atoms with Crippen LogP contribution in [0.4, 0.5) is 0 Å². The van der Waals surface area contributed by atoms with Gasteiger partial charge in [0.15, 0.2) is 0 Å². The van der Waals surface area contributed by atoms with Crippen LogP contribution in [0.15, 0.2) is 35.7 Å². The largest absolute Gasteiger partial charge is 0.420 e. The van der Waals surface area contributed by atoms with Crippen LogP contribution in [-0.2, 0) is 11.8 Å². The van der Waals surface area contributed by atoms with Crippen molar-refractivity contribution in [3.63, 3.8) is 0 Å². The zero-order valence-electron chi connectivity index (χ0n) is 15.2. The van der Waals surface area contributed by atoms with Crippen LogP contribution in [0.5, 0.6) is 5.88 Å². The fourth-order valence-corrected chi connectivity index (χ4v) is 3.26. The maximum absolute atomic E-state index is 9.66. The molecule has 1 atom stereocenters. The van der Waals surface area contributed by atoms with Crippen LogP contribution in [0.2, 0.25) is 0 Å². The zero-order valence-corrected chi connectivity index (χ0v) is 15.2. The van der Waals surface area contributed by atoms with Crippen molar-refractivity contribution in [3.05, 3.63) is 58.1 Å². The van der Waals surface area contributed by atoms with E-state index in [1.165, 1.54) is 5.56 Å². The molecule has 1 aromatic carbocycles. The molecular weight excluding hydrogens is 312 g/mol. The van der Waals surface area contributed by atoms with Crippen LogP contribution in [0.25, 0.3) is 0 Å². The Bertz CT molecular complexity index is 847. The number of H-pyrrole nitrogens is 1. The van der Waals surface area contributed by atoms with Gasteiger partial charge in [-0.2, -0.15) is 5.26 Å². The Labute approximate surface area is 148 Å². The number of rotatable bonds is 3. The molecule has 130 valence electrons. The van der Waals surface area contributed by atoms with Crippen molar-refractivity contribution in [1.82, 2.24) is 10.2 Å². The zero-order chi connectivity index (χ0) is 18.2. The predicted octanol–water partition coefficient (Wildman–Crippen LogP) is 3.88. The molecule has 0 fully saturated rings. The maximum Gasteiger partial charge on any atom is 0.244 e. The summed E-state index contributed by atoms with van der Waals surface area (Å²) in [5.74, 6) is 0.363. The molecule has 3 rings (SSSR count). The molecule has 0 bridgehead atoms. The van der Waals surface area contributed by atoms with E-state index in [0.29, 0.717) is 11.5 Å². The first kappa shape index (κ1) is 17.1. The molecule has 0 saturated carbocycles. The lowest BCUT2D eigenvalue weighted by Gasteiger charge is -2.25. The third kappa shape index (κ3) is 3.00. The topological polar surface area (TPSA) is 87.7 Å². The minimum atomic E-state index is -0.247. The van der Waals surface area contributed by atoms with E-state index in [-0.39, 0.29) is 17.2 Å². The van der Waals surface area contributed by atoms with E-state index in [4.69, 9.17) is 10.5 Å². The van der Waals surface area contributed by atoms with Gasteiger partial charge in [-0.25, -0.2) is 0 Å². The van der Waals surface area contributed by atoms with Crippen molar-refractivity contribution in [2.45, 2.75) is 51.9 Å². The van der Waals surface area contributed by atoms with Gasteiger partial charge in [-0.3, -0.25) is 5.10 Å². The second kappa shape index (κ2) is 6.29. The second-order valence-corrected chi connectivity index (χ2v) is 7.47. The fraction of sp³-hybridized carbons (Fsp3) is 0.400. The molecule has 0 unspecified atom stereocenters. The van der Waals surface area contributed by atoms with Gasteiger partial charge in [0, 0.05) is 11.3 Å². The Morgan fingerprint density at radius 1 is 1.28 bits per heavy atom. The fourth-order valence-electron chi connectivity index (χ4n) is 3.26. The average Bonchev–Trinajstić information content (AvgIpc) is 2.95. The van der Waals surface area contributed by atoms with Crippen LogP contribution in [0, 0.1) is 11.3 Å². The van der Waals surface area contributed by atoms with Gasteiger partial charge in [-0.1, -0.05) is 58.4 Å². The average molecular weight is 336 g/mol. The van der Waals surface area contributed by atoms with E-state index in [9.17, 15) is 5.26 Å². The monoisotopic (exact) mass is 336 g/mol. The highest BCUT2D eigenvalue weighted by molar-refractivity contribution is 5.55. The maximum atomic E-state index is 9.66. The second-order valence-electron chi connectivity index (χ2n) is 7.47. The molecule has 2 heterocycles. The van der Waals surface area contributed by atoms with Crippen LogP contribution < -0.4 is 10.5 Å². The van der Waals surface area contributed by atoms with Crippen LogP contribution >= 0.6 is 0 Å². The molecular formula is C20H24N4O. The molecule has 0 radical (unpaired) electrons. The molecule has 2 aromatic rings. The molecule has 3 N–H and O–H groups in total. The number of benzene rings is 1. The minimum absolute atomic E-state index is 0.0787. The van der Waals surface area contributed by atoms with Gasteiger partial charge in [-0.15, -0.1) is 5.10 Å².